The second kappa shape index (κ2) is 8.12. The molecule has 0 spiro atoms. The highest BCUT2D eigenvalue weighted by Gasteiger charge is 2.20. The molecule has 0 heterocycles. The first-order chi connectivity index (χ1) is 7.36. The summed E-state index contributed by atoms with van der Waals surface area (Å²) in [6.45, 7) is 3.46. The van der Waals surface area contributed by atoms with Crippen LogP contribution < -0.4 is 5.32 Å². The minimum absolute atomic E-state index is 0.506. The third-order valence-electron chi connectivity index (χ3n) is 3.42. The second-order valence-corrected chi connectivity index (χ2v) is 4.74. The number of methoxy groups -OCH3 is 1. The van der Waals surface area contributed by atoms with E-state index < -0.39 is 0 Å². The molecule has 1 rings (SSSR count). The minimum atomic E-state index is 0.506. The third kappa shape index (κ3) is 5.53. The standard InChI is InChI=1S/C13H27NO/c1-3-4-5-6-10-14-12-8-7-9-13(11-12)15-2/h12-14H,3-11H2,1-2H3. The highest BCUT2D eigenvalue weighted by atomic mass is 16.5. The Bertz CT molecular complexity index is 149. The van der Waals surface area contributed by atoms with E-state index in [-0.39, 0.29) is 0 Å². The number of unbranched alkanes of at least 4 members (excludes halogenated alkanes) is 3. The van der Waals surface area contributed by atoms with Gasteiger partial charge in [0.25, 0.3) is 0 Å². The summed E-state index contributed by atoms with van der Waals surface area (Å²) in [5.41, 5.74) is 0. The van der Waals surface area contributed by atoms with Crippen molar-refractivity contribution in [2.45, 2.75) is 70.4 Å². The van der Waals surface area contributed by atoms with Crippen LogP contribution in [0.4, 0.5) is 0 Å². The Morgan fingerprint density at radius 1 is 1.20 bits per heavy atom. The van der Waals surface area contributed by atoms with Crippen LogP contribution in [0, 0.1) is 0 Å². The zero-order chi connectivity index (χ0) is 10.9. The highest BCUT2D eigenvalue weighted by Crippen LogP contribution is 2.20. The molecule has 1 saturated carbocycles. The van der Waals surface area contributed by atoms with Gasteiger partial charge in [0.2, 0.25) is 0 Å². The topological polar surface area (TPSA) is 21.3 Å². The van der Waals surface area contributed by atoms with Gasteiger partial charge in [0.05, 0.1) is 6.10 Å². The van der Waals surface area contributed by atoms with E-state index in [2.05, 4.69) is 12.2 Å². The van der Waals surface area contributed by atoms with Crippen LogP contribution in [-0.4, -0.2) is 25.8 Å². The van der Waals surface area contributed by atoms with E-state index in [1.54, 1.807) is 0 Å². The van der Waals surface area contributed by atoms with Gasteiger partial charge in [-0.3, -0.25) is 0 Å². The van der Waals surface area contributed by atoms with Crippen molar-refractivity contribution < 1.29 is 4.74 Å². The lowest BCUT2D eigenvalue weighted by molar-refractivity contribution is 0.0589. The average molecular weight is 213 g/mol. The quantitative estimate of drug-likeness (QED) is 0.656. The number of hydrogen-bond donors (Lipinski definition) is 1. The summed E-state index contributed by atoms with van der Waals surface area (Å²) in [5, 5.41) is 3.66. The lowest BCUT2D eigenvalue weighted by Crippen LogP contribution is -2.37. The van der Waals surface area contributed by atoms with Gasteiger partial charge < -0.3 is 10.1 Å². The van der Waals surface area contributed by atoms with Crippen molar-refractivity contribution in [3.63, 3.8) is 0 Å². The van der Waals surface area contributed by atoms with E-state index >= 15 is 0 Å². The van der Waals surface area contributed by atoms with Crippen LogP contribution in [0.15, 0.2) is 0 Å². The Hall–Kier alpha value is -0.0800. The van der Waals surface area contributed by atoms with Gasteiger partial charge in [-0.2, -0.15) is 0 Å². The van der Waals surface area contributed by atoms with Gasteiger partial charge in [0.1, 0.15) is 0 Å². The van der Waals surface area contributed by atoms with E-state index in [0.717, 1.165) is 0 Å². The molecule has 0 aromatic heterocycles. The molecule has 1 N–H and O–H groups in total. The summed E-state index contributed by atoms with van der Waals surface area (Å²) in [6, 6.07) is 0.713. The van der Waals surface area contributed by atoms with Crippen LogP contribution in [0.1, 0.15) is 58.3 Å². The second-order valence-electron chi connectivity index (χ2n) is 4.74. The number of ether oxygens (including phenoxy) is 1. The van der Waals surface area contributed by atoms with Gasteiger partial charge in [-0.15, -0.1) is 0 Å². The Kier molecular flexibility index (Phi) is 7.03. The average Bonchev–Trinajstić information content (AvgIpc) is 2.29. The first kappa shape index (κ1) is 13.0. The predicted octanol–water partition coefficient (Wildman–Crippen LogP) is 3.11. The van der Waals surface area contributed by atoms with Crippen molar-refractivity contribution in [2.75, 3.05) is 13.7 Å². The molecule has 1 aliphatic rings. The molecule has 0 aromatic carbocycles. The molecular formula is C13H27NO. The molecule has 0 radical (unpaired) electrons. The Balaban J connectivity index is 2.00. The van der Waals surface area contributed by atoms with E-state index in [9.17, 15) is 0 Å². The monoisotopic (exact) mass is 213 g/mol. The van der Waals surface area contributed by atoms with Crippen LogP contribution in [0.2, 0.25) is 0 Å². The molecule has 15 heavy (non-hydrogen) atoms. The zero-order valence-corrected chi connectivity index (χ0v) is 10.4. The summed E-state index contributed by atoms with van der Waals surface area (Å²) in [5.74, 6) is 0. The first-order valence-electron chi connectivity index (χ1n) is 6.63. The zero-order valence-electron chi connectivity index (χ0n) is 10.4. The maximum atomic E-state index is 5.43. The van der Waals surface area contributed by atoms with Crippen LogP contribution in [-0.2, 0) is 4.74 Å². The molecule has 1 aliphatic carbocycles. The predicted molar refractivity (Wildman–Crippen MR) is 65.2 cm³/mol. The molecule has 1 fully saturated rings. The SMILES string of the molecule is CCCCCCNC1CCCC(OC)C1. The fourth-order valence-corrected chi connectivity index (χ4v) is 2.40. The van der Waals surface area contributed by atoms with Crippen molar-refractivity contribution >= 4 is 0 Å². The summed E-state index contributed by atoms with van der Waals surface area (Å²) in [4.78, 5) is 0. The molecule has 0 bridgehead atoms. The number of rotatable bonds is 7. The largest absolute Gasteiger partial charge is 0.381 e. The fourth-order valence-electron chi connectivity index (χ4n) is 2.40. The Morgan fingerprint density at radius 3 is 2.80 bits per heavy atom. The van der Waals surface area contributed by atoms with Gasteiger partial charge in [0, 0.05) is 13.2 Å². The molecular weight excluding hydrogens is 186 g/mol. The molecule has 0 aliphatic heterocycles. The van der Waals surface area contributed by atoms with Gasteiger partial charge in [-0.25, -0.2) is 0 Å². The van der Waals surface area contributed by atoms with Crippen LogP contribution in [0.5, 0.6) is 0 Å². The molecule has 0 aromatic rings. The molecule has 0 amide bonds. The van der Waals surface area contributed by atoms with Crippen LogP contribution >= 0.6 is 0 Å². The van der Waals surface area contributed by atoms with Gasteiger partial charge in [-0.05, 0) is 38.6 Å². The number of nitrogens with one attached hydrogen (secondary N) is 1. The summed E-state index contributed by atoms with van der Waals surface area (Å²) in [7, 11) is 1.84. The van der Waals surface area contributed by atoms with Gasteiger partial charge in [-0.1, -0.05) is 26.2 Å². The molecule has 90 valence electrons. The van der Waals surface area contributed by atoms with Crippen LogP contribution in [0.3, 0.4) is 0 Å². The van der Waals surface area contributed by atoms with Gasteiger partial charge in [0.15, 0.2) is 0 Å². The molecule has 2 atom stereocenters. The lowest BCUT2D eigenvalue weighted by atomic mass is 9.93. The lowest BCUT2D eigenvalue weighted by Gasteiger charge is -2.28. The summed E-state index contributed by atoms with van der Waals surface area (Å²) < 4.78 is 5.43. The number of hydrogen-bond acceptors (Lipinski definition) is 2. The summed E-state index contributed by atoms with van der Waals surface area (Å²) in [6.07, 6.45) is 11.1. The van der Waals surface area contributed by atoms with Crippen molar-refractivity contribution in [2.24, 2.45) is 0 Å². The highest BCUT2D eigenvalue weighted by molar-refractivity contribution is 4.78. The fraction of sp³-hybridized carbons (Fsp3) is 1.00. The van der Waals surface area contributed by atoms with Crippen molar-refractivity contribution in [3.8, 4) is 0 Å². The maximum absolute atomic E-state index is 5.43. The Labute approximate surface area is 94.8 Å². The normalized spacial score (nSPS) is 26.8. The van der Waals surface area contributed by atoms with E-state index in [0.29, 0.717) is 12.1 Å². The summed E-state index contributed by atoms with van der Waals surface area (Å²) >= 11 is 0. The Morgan fingerprint density at radius 2 is 2.07 bits per heavy atom. The first-order valence-corrected chi connectivity index (χ1v) is 6.63. The molecule has 2 nitrogen and oxygen atoms in total. The van der Waals surface area contributed by atoms with Crippen molar-refractivity contribution in [1.29, 1.82) is 0 Å². The van der Waals surface area contributed by atoms with Crippen molar-refractivity contribution in [1.82, 2.24) is 5.32 Å². The van der Waals surface area contributed by atoms with E-state index in [4.69, 9.17) is 4.74 Å². The van der Waals surface area contributed by atoms with E-state index in [1.807, 2.05) is 7.11 Å². The van der Waals surface area contributed by atoms with E-state index in [1.165, 1.54) is 57.9 Å². The van der Waals surface area contributed by atoms with Crippen LogP contribution in [0.25, 0.3) is 0 Å². The van der Waals surface area contributed by atoms with Crippen molar-refractivity contribution in [3.05, 3.63) is 0 Å². The molecule has 2 heteroatoms. The molecule has 0 saturated heterocycles. The minimum Gasteiger partial charge on any atom is -0.381 e. The molecule has 2 unspecified atom stereocenters. The maximum Gasteiger partial charge on any atom is 0.0586 e. The third-order valence-corrected chi connectivity index (χ3v) is 3.42. The smallest absolute Gasteiger partial charge is 0.0586 e. The van der Waals surface area contributed by atoms with Gasteiger partial charge >= 0.3 is 0 Å².